The van der Waals surface area contributed by atoms with Crippen LogP contribution < -0.4 is 5.56 Å². The number of aliphatic carboxylic acids is 1. The summed E-state index contributed by atoms with van der Waals surface area (Å²) in [6.07, 6.45) is 3.78. The Morgan fingerprint density at radius 1 is 1.43 bits per heavy atom. The number of amides is 1. The molecule has 0 aromatic carbocycles. The topological polar surface area (TPSA) is 79.6 Å². The van der Waals surface area contributed by atoms with Gasteiger partial charge in [0.1, 0.15) is 6.04 Å². The van der Waals surface area contributed by atoms with Crippen LogP contribution in [0.15, 0.2) is 23.1 Å². The number of hydrogen-bond acceptors (Lipinski definition) is 3. The number of carbonyl (C=O) groups is 2. The van der Waals surface area contributed by atoms with Gasteiger partial charge >= 0.3 is 5.97 Å². The number of carbonyl (C=O) groups excluding carboxylic acids is 1. The molecule has 2 heterocycles. The van der Waals surface area contributed by atoms with Crippen molar-refractivity contribution in [2.24, 2.45) is 0 Å². The summed E-state index contributed by atoms with van der Waals surface area (Å²) in [5, 5.41) is 9.06. The minimum absolute atomic E-state index is 0.0768. The highest BCUT2D eigenvalue weighted by atomic mass is 16.4. The second-order valence-electron chi connectivity index (χ2n) is 5.42. The Labute approximate surface area is 123 Å². The molecule has 2 rings (SSSR count). The fourth-order valence-corrected chi connectivity index (χ4v) is 2.66. The molecular formula is C15H20N2O4. The number of carboxylic acids is 1. The van der Waals surface area contributed by atoms with Crippen LogP contribution >= 0.6 is 0 Å². The Morgan fingerprint density at radius 3 is 2.86 bits per heavy atom. The number of carboxylic acid groups (broad SMARTS) is 1. The highest BCUT2D eigenvalue weighted by Gasteiger charge is 2.33. The first kappa shape index (κ1) is 15.3. The molecular weight excluding hydrogens is 272 g/mol. The van der Waals surface area contributed by atoms with E-state index in [-0.39, 0.29) is 17.9 Å². The van der Waals surface area contributed by atoms with Crippen molar-refractivity contribution in [3.05, 3.63) is 34.2 Å². The van der Waals surface area contributed by atoms with Crippen molar-refractivity contribution in [1.82, 2.24) is 9.47 Å². The Hall–Kier alpha value is -2.11. The summed E-state index contributed by atoms with van der Waals surface area (Å²) in [6.45, 7) is 2.84. The van der Waals surface area contributed by atoms with E-state index in [0.717, 1.165) is 12.0 Å². The zero-order valence-electron chi connectivity index (χ0n) is 12.1. The van der Waals surface area contributed by atoms with Gasteiger partial charge in [0.2, 0.25) is 5.91 Å². The van der Waals surface area contributed by atoms with E-state index >= 15 is 0 Å². The lowest BCUT2D eigenvalue weighted by molar-refractivity contribution is -0.148. The molecule has 6 nitrogen and oxygen atoms in total. The summed E-state index contributed by atoms with van der Waals surface area (Å²) in [5.41, 5.74) is 0.834. The smallest absolute Gasteiger partial charge is 0.326 e. The molecule has 1 fully saturated rings. The maximum Gasteiger partial charge on any atom is 0.326 e. The van der Waals surface area contributed by atoms with Crippen molar-refractivity contribution in [2.75, 3.05) is 6.54 Å². The first-order valence-corrected chi connectivity index (χ1v) is 7.18. The summed E-state index contributed by atoms with van der Waals surface area (Å²) in [7, 11) is 0. The molecule has 0 saturated carbocycles. The third-order valence-corrected chi connectivity index (χ3v) is 3.80. The highest BCUT2D eigenvalue weighted by molar-refractivity contribution is 5.84. The maximum atomic E-state index is 12.1. The number of aromatic nitrogens is 1. The van der Waals surface area contributed by atoms with E-state index in [1.165, 1.54) is 4.90 Å². The number of rotatable bonds is 5. The first-order valence-electron chi connectivity index (χ1n) is 7.18. The fraction of sp³-hybridized carbons (Fsp3) is 0.533. The van der Waals surface area contributed by atoms with Crippen molar-refractivity contribution in [2.45, 2.75) is 45.2 Å². The Bertz CT molecular complexity index is 594. The summed E-state index contributed by atoms with van der Waals surface area (Å²) < 4.78 is 1.57. The van der Waals surface area contributed by atoms with Gasteiger partial charge in [-0.15, -0.1) is 0 Å². The molecule has 21 heavy (non-hydrogen) atoms. The standard InChI is InChI=1S/C15H20N2O4/c1-11-6-9-16(14(19)10-11)7-3-5-13(18)17-8-2-4-12(17)15(20)21/h6,9-10,12H,2-5,7-8H2,1H3,(H,20,21). The lowest BCUT2D eigenvalue weighted by Gasteiger charge is -2.21. The minimum Gasteiger partial charge on any atom is -0.480 e. The van der Waals surface area contributed by atoms with Gasteiger partial charge in [-0.1, -0.05) is 0 Å². The quantitative estimate of drug-likeness (QED) is 0.878. The summed E-state index contributed by atoms with van der Waals surface area (Å²) in [4.78, 5) is 36.3. The fourth-order valence-electron chi connectivity index (χ4n) is 2.66. The highest BCUT2D eigenvalue weighted by Crippen LogP contribution is 2.18. The molecule has 1 aliphatic rings. The minimum atomic E-state index is -0.935. The molecule has 1 amide bonds. The van der Waals surface area contributed by atoms with Gasteiger partial charge in [0, 0.05) is 31.8 Å². The first-order chi connectivity index (χ1) is 9.99. The largest absolute Gasteiger partial charge is 0.480 e. The second-order valence-corrected chi connectivity index (χ2v) is 5.42. The van der Waals surface area contributed by atoms with E-state index in [2.05, 4.69) is 0 Å². The average Bonchev–Trinajstić information content (AvgIpc) is 2.90. The Balaban J connectivity index is 1.87. The molecule has 1 atom stereocenters. The van der Waals surface area contributed by atoms with Gasteiger partial charge in [-0.05, 0) is 37.8 Å². The van der Waals surface area contributed by atoms with Gasteiger partial charge in [-0.3, -0.25) is 9.59 Å². The molecule has 1 N–H and O–H groups in total. The van der Waals surface area contributed by atoms with Gasteiger partial charge < -0.3 is 14.6 Å². The van der Waals surface area contributed by atoms with Gasteiger partial charge in [0.05, 0.1) is 0 Å². The maximum absolute atomic E-state index is 12.1. The van der Waals surface area contributed by atoms with Crippen LogP contribution in [0.4, 0.5) is 0 Å². The van der Waals surface area contributed by atoms with Crippen LogP contribution in [-0.4, -0.2) is 39.0 Å². The number of nitrogens with zero attached hydrogens (tertiary/aromatic N) is 2. The van der Waals surface area contributed by atoms with Crippen LogP contribution in [0.3, 0.4) is 0 Å². The summed E-state index contributed by atoms with van der Waals surface area (Å²) >= 11 is 0. The molecule has 1 aromatic rings. The average molecular weight is 292 g/mol. The molecule has 1 aromatic heterocycles. The van der Waals surface area contributed by atoms with Crippen LogP contribution in [0.2, 0.25) is 0 Å². The predicted molar refractivity (Wildman–Crippen MR) is 77.0 cm³/mol. The summed E-state index contributed by atoms with van der Waals surface area (Å²) in [5.74, 6) is -1.07. The Kier molecular flexibility index (Phi) is 4.77. The van der Waals surface area contributed by atoms with Gasteiger partial charge in [-0.2, -0.15) is 0 Å². The van der Waals surface area contributed by atoms with Crippen molar-refractivity contribution >= 4 is 11.9 Å². The number of likely N-dealkylation sites (tertiary alicyclic amines) is 1. The molecule has 0 bridgehead atoms. The summed E-state index contributed by atoms with van der Waals surface area (Å²) in [6, 6.07) is 2.73. The molecule has 1 unspecified atom stereocenters. The van der Waals surface area contributed by atoms with Crippen molar-refractivity contribution < 1.29 is 14.7 Å². The van der Waals surface area contributed by atoms with Crippen molar-refractivity contribution in [3.63, 3.8) is 0 Å². The van der Waals surface area contributed by atoms with Gasteiger partial charge in [0.15, 0.2) is 0 Å². The number of aryl methyl sites for hydroxylation is 2. The molecule has 0 aliphatic carbocycles. The second kappa shape index (κ2) is 6.56. The van der Waals surface area contributed by atoms with E-state index < -0.39 is 12.0 Å². The molecule has 0 radical (unpaired) electrons. The molecule has 6 heteroatoms. The SMILES string of the molecule is Cc1ccn(CCCC(=O)N2CCCC2C(=O)O)c(=O)c1. The number of pyridine rings is 1. The van der Waals surface area contributed by atoms with Crippen LogP contribution in [0.1, 0.15) is 31.2 Å². The van der Waals surface area contributed by atoms with Crippen molar-refractivity contribution in [3.8, 4) is 0 Å². The monoisotopic (exact) mass is 292 g/mol. The zero-order chi connectivity index (χ0) is 15.4. The Morgan fingerprint density at radius 2 is 2.19 bits per heavy atom. The van der Waals surface area contributed by atoms with E-state index in [1.54, 1.807) is 16.8 Å². The predicted octanol–water partition coefficient (Wildman–Crippen LogP) is 1.01. The van der Waals surface area contributed by atoms with E-state index in [1.807, 2.05) is 13.0 Å². The van der Waals surface area contributed by atoms with Crippen LogP contribution in [-0.2, 0) is 16.1 Å². The van der Waals surface area contributed by atoms with E-state index in [0.29, 0.717) is 25.9 Å². The lowest BCUT2D eigenvalue weighted by Crippen LogP contribution is -2.40. The van der Waals surface area contributed by atoms with Gasteiger partial charge in [0.25, 0.3) is 5.56 Å². The third kappa shape index (κ3) is 3.71. The zero-order valence-corrected chi connectivity index (χ0v) is 12.1. The van der Waals surface area contributed by atoms with E-state index in [4.69, 9.17) is 5.11 Å². The van der Waals surface area contributed by atoms with Crippen LogP contribution in [0, 0.1) is 6.92 Å². The van der Waals surface area contributed by atoms with Crippen molar-refractivity contribution in [1.29, 1.82) is 0 Å². The molecule has 114 valence electrons. The molecule has 1 saturated heterocycles. The normalized spacial score (nSPS) is 18.0. The third-order valence-electron chi connectivity index (χ3n) is 3.80. The number of hydrogen-bond donors (Lipinski definition) is 1. The van der Waals surface area contributed by atoms with E-state index in [9.17, 15) is 14.4 Å². The molecule has 0 spiro atoms. The lowest BCUT2D eigenvalue weighted by atomic mass is 10.2. The van der Waals surface area contributed by atoms with Crippen LogP contribution in [0.25, 0.3) is 0 Å². The molecule has 1 aliphatic heterocycles. The van der Waals surface area contributed by atoms with Crippen LogP contribution in [0.5, 0.6) is 0 Å². The van der Waals surface area contributed by atoms with Gasteiger partial charge in [-0.25, -0.2) is 4.79 Å².